The van der Waals surface area contributed by atoms with Gasteiger partial charge in [0, 0.05) is 0 Å². The Morgan fingerprint density at radius 3 is 2.25 bits per heavy atom. The Morgan fingerprint density at radius 2 is 1.94 bits per heavy atom. The van der Waals surface area contributed by atoms with Crippen LogP contribution in [0.5, 0.6) is 0 Å². The number of aliphatic hydroxyl groups is 1. The van der Waals surface area contributed by atoms with Crippen LogP contribution in [0.15, 0.2) is 0 Å². The average molecular weight is 230 g/mol. The van der Waals surface area contributed by atoms with Crippen molar-refractivity contribution in [3.63, 3.8) is 0 Å². The van der Waals surface area contributed by atoms with Crippen LogP contribution in [-0.2, 0) is 9.53 Å². The molecule has 0 saturated heterocycles. The van der Waals surface area contributed by atoms with Gasteiger partial charge < -0.3 is 9.84 Å². The van der Waals surface area contributed by atoms with Crippen molar-refractivity contribution in [2.24, 2.45) is 11.8 Å². The number of carbonyl (C=O) groups is 1. The molecule has 96 valence electrons. The molecule has 3 nitrogen and oxygen atoms in total. The first-order valence-corrected chi connectivity index (χ1v) is 6.25. The van der Waals surface area contributed by atoms with E-state index in [1.165, 1.54) is 7.11 Å². The van der Waals surface area contributed by atoms with Crippen molar-refractivity contribution < 1.29 is 14.6 Å². The van der Waals surface area contributed by atoms with Crippen molar-refractivity contribution in [2.75, 3.05) is 7.11 Å². The zero-order chi connectivity index (χ0) is 12.8. The predicted octanol–water partition coefficient (Wildman–Crippen LogP) is 2.76. The van der Waals surface area contributed by atoms with E-state index < -0.39 is 11.6 Å². The zero-order valence-corrected chi connectivity index (χ0v) is 11.2. The summed E-state index contributed by atoms with van der Waals surface area (Å²) in [5.74, 6) is -0.632. The van der Waals surface area contributed by atoms with Crippen molar-refractivity contribution in [3.8, 4) is 0 Å². The minimum atomic E-state index is -1.33. The molecule has 0 amide bonds. The standard InChI is InChI=1S/C13H26O3/c1-6-8-9-11(7-2)13(15,10(3)4)12(14)16-5/h10-11,15H,6-9H2,1-5H3. The van der Waals surface area contributed by atoms with Gasteiger partial charge in [0.15, 0.2) is 5.60 Å². The lowest BCUT2D eigenvalue weighted by molar-refractivity contribution is -0.176. The Labute approximate surface area is 99.2 Å². The molecule has 0 saturated carbocycles. The molecule has 1 N–H and O–H groups in total. The van der Waals surface area contributed by atoms with Gasteiger partial charge in [-0.15, -0.1) is 0 Å². The first kappa shape index (κ1) is 15.4. The van der Waals surface area contributed by atoms with Crippen LogP contribution in [0, 0.1) is 11.8 Å². The van der Waals surface area contributed by atoms with Crippen LogP contribution in [0.3, 0.4) is 0 Å². The number of esters is 1. The van der Waals surface area contributed by atoms with Gasteiger partial charge in [0.25, 0.3) is 0 Å². The lowest BCUT2D eigenvalue weighted by Crippen LogP contribution is -2.51. The molecule has 2 unspecified atom stereocenters. The number of carbonyl (C=O) groups excluding carboxylic acids is 1. The molecule has 0 spiro atoms. The number of methoxy groups -OCH3 is 1. The Bertz CT molecular complexity index is 213. The Morgan fingerprint density at radius 1 is 1.38 bits per heavy atom. The monoisotopic (exact) mass is 230 g/mol. The topological polar surface area (TPSA) is 46.5 Å². The van der Waals surface area contributed by atoms with E-state index in [2.05, 4.69) is 6.92 Å². The fourth-order valence-corrected chi connectivity index (χ4v) is 2.22. The Hall–Kier alpha value is -0.570. The largest absolute Gasteiger partial charge is 0.467 e. The molecule has 0 bridgehead atoms. The molecule has 0 aliphatic rings. The summed E-state index contributed by atoms with van der Waals surface area (Å²) >= 11 is 0. The number of hydrogen-bond acceptors (Lipinski definition) is 3. The minimum Gasteiger partial charge on any atom is -0.467 e. The van der Waals surface area contributed by atoms with Crippen LogP contribution in [0.2, 0.25) is 0 Å². The summed E-state index contributed by atoms with van der Waals surface area (Å²) in [6.45, 7) is 7.85. The molecule has 0 aromatic rings. The summed E-state index contributed by atoms with van der Waals surface area (Å²) in [5, 5.41) is 10.6. The zero-order valence-electron chi connectivity index (χ0n) is 11.2. The van der Waals surface area contributed by atoms with Crippen molar-refractivity contribution in [2.45, 2.75) is 59.0 Å². The summed E-state index contributed by atoms with van der Waals surface area (Å²) in [5.41, 5.74) is -1.33. The van der Waals surface area contributed by atoms with Gasteiger partial charge in [-0.25, -0.2) is 4.79 Å². The van der Waals surface area contributed by atoms with Crippen LogP contribution in [0.1, 0.15) is 53.4 Å². The van der Waals surface area contributed by atoms with E-state index in [0.29, 0.717) is 0 Å². The quantitative estimate of drug-likeness (QED) is 0.684. The lowest BCUT2D eigenvalue weighted by atomic mass is 9.75. The van der Waals surface area contributed by atoms with E-state index in [-0.39, 0.29) is 11.8 Å². The van der Waals surface area contributed by atoms with E-state index in [4.69, 9.17) is 4.74 Å². The van der Waals surface area contributed by atoms with E-state index in [1.54, 1.807) is 0 Å². The number of unbranched alkanes of at least 4 members (excludes halogenated alkanes) is 1. The molecule has 0 aliphatic carbocycles. The molecule has 3 heteroatoms. The lowest BCUT2D eigenvalue weighted by Gasteiger charge is -2.36. The maximum Gasteiger partial charge on any atom is 0.338 e. The van der Waals surface area contributed by atoms with Crippen LogP contribution in [0.25, 0.3) is 0 Å². The van der Waals surface area contributed by atoms with Crippen LogP contribution < -0.4 is 0 Å². The van der Waals surface area contributed by atoms with E-state index in [0.717, 1.165) is 25.7 Å². The fraction of sp³-hybridized carbons (Fsp3) is 0.923. The summed E-state index contributed by atoms with van der Waals surface area (Å²) in [7, 11) is 1.34. The maximum absolute atomic E-state index is 11.8. The maximum atomic E-state index is 11.8. The smallest absolute Gasteiger partial charge is 0.338 e. The van der Waals surface area contributed by atoms with E-state index in [9.17, 15) is 9.90 Å². The Kier molecular flexibility index (Phi) is 6.65. The average Bonchev–Trinajstić information content (AvgIpc) is 2.28. The highest BCUT2D eigenvalue weighted by Gasteiger charge is 2.46. The second-order valence-electron chi connectivity index (χ2n) is 4.72. The molecule has 0 aromatic heterocycles. The van der Waals surface area contributed by atoms with Gasteiger partial charge in [-0.2, -0.15) is 0 Å². The molecule has 16 heavy (non-hydrogen) atoms. The van der Waals surface area contributed by atoms with Gasteiger partial charge in [-0.3, -0.25) is 0 Å². The predicted molar refractivity (Wildman–Crippen MR) is 65.1 cm³/mol. The van der Waals surface area contributed by atoms with Crippen LogP contribution in [-0.4, -0.2) is 23.8 Å². The molecular weight excluding hydrogens is 204 g/mol. The van der Waals surface area contributed by atoms with Gasteiger partial charge in [0.05, 0.1) is 7.11 Å². The molecule has 0 aliphatic heterocycles. The summed E-state index contributed by atoms with van der Waals surface area (Å²) < 4.78 is 4.75. The Balaban J connectivity index is 4.91. The first-order valence-electron chi connectivity index (χ1n) is 6.25. The van der Waals surface area contributed by atoms with Crippen molar-refractivity contribution in [3.05, 3.63) is 0 Å². The highest BCUT2D eigenvalue weighted by atomic mass is 16.5. The molecule has 0 radical (unpaired) electrons. The van der Waals surface area contributed by atoms with Gasteiger partial charge in [-0.05, 0) is 24.7 Å². The van der Waals surface area contributed by atoms with E-state index >= 15 is 0 Å². The highest BCUT2D eigenvalue weighted by Crippen LogP contribution is 2.33. The van der Waals surface area contributed by atoms with Crippen LogP contribution >= 0.6 is 0 Å². The minimum absolute atomic E-state index is 0.0140. The second-order valence-corrected chi connectivity index (χ2v) is 4.72. The number of rotatable bonds is 7. The van der Waals surface area contributed by atoms with Gasteiger partial charge in [0.1, 0.15) is 0 Å². The molecule has 0 rings (SSSR count). The second kappa shape index (κ2) is 6.89. The molecular formula is C13H26O3. The van der Waals surface area contributed by atoms with Gasteiger partial charge in [-0.1, -0.05) is 40.5 Å². The number of ether oxygens (including phenoxy) is 1. The van der Waals surface area contributed by atoms with Crippen molar-refractivity contribution in [1.29, 1.82) is 0 Å². The summed E-state index contributed by atoms with van der Waals surface area (Å²) in [6.07, 6.45) is 3.77. The fourth-order valence-electron chi connectivity index (χ4n) is 2.22. The molecule has 0 heterocycles. The normalized spacial score (nSPS) is 16.9. The van der Waals surface area contributed by atoms with Crippen LogP contribution in [0.4, 0.5) is 0 Å². The summed E-state index contributed by atoms with van der Waals surface area (Å²) in [4.78, 5) is 11.8. The van der Waals surface area contributed by atoms with E-state index in [1.807, 2.05) is 20.8 Å². The van der Waals surface area contributed by atoms with Crippen molar-refractivity contribution in [1.82, 2.24) is 0 Å². The SMILES string of the molecule is CCCCC(CC)C(O)(C(=O)OC)C(C)C. The van der Waals surface area contributed by atoms with Crippen molar-refractivity contribution >= 4 is 5.97 Å². The third-order valence-corrected chi connectivity index (χ3v) is 3.41. The third-order valence-electron chi connectivity index (χ3n) is 3.41. The molecule has 0 fully saturated rings. The third kappa shape index (κ3) is 3.21. The van der Waals surface area contributed by atoms with Gasteiger partial charge >= 0.3 is 5.97 Å². The van der Waals surface area contributed by atoms with Gasteiger partial charge in [0.2, 0.25) is 0 Å². The molecule has 2 atom stereocenters. The highest BCUT2D eigenvalue weighted by molar-refractivity contribution is 5.79. The first-order chi connectivity index (χ1) is 7.44. The number of hydrogen-bond donors (Lipinski definition) is 1. The molecule has 0 aromatic carbocycles. The summed E-state index contributed by atoms with van der Waals surface area (Å²) in [6, 6.07) is 0.